The van der Waals surface area contributed by atoms with Gasteiger partial charge in [-0.15, -0.1) is 0 Å². The highest BCUT2D eigenvalue weighted by Crippen LogP contribution is 2.36. The average Bonchev–Trinajstić information content (AvgIpc) is 3.10. The normalized spacial score (nSPS) is 15.8. The predicted octanol–water partition coefficient (Wildman–Crippen LogP) is 5.31. The van der Waals surface area contributed by atoms with Crippen LogP contribution in [0, 0.1) is 0 Å². The number of aromatic amines is 1. The molecule has 1 atom stereocenters. The van der Waals surface area contributed by atoms with E-state index in [0.717, 1.165) is 34.3 Å². The van der Waals surface area contributed by atoms with Gasteiger partial charge in [0.25, 0.3) is 0 Å². The van der Waals surface area contributed by atoms with Gasteiger partial charge in [-0.2, -0.15) is 13.2 Å². The quantitative estimate of drug-likeness (QED) is 0.459. The number of urea groups is 1. The molecule has 0 bridgehead atoms. The standard InChI is InChI=1S/C22H19ClF3N3O3/c1-32-20(30)11-2-5-14-15-9-12(4-7-18(15)29-19(14)8-11)27-21(31)28-13-3-6-17(23)16(10-13)22(24,25)26/h2-3,5-6,8,10,12,29H,4,7,9H2,1H3,(H2,27,28,31). The number of anilines is 1. The number of aromatic nitrogens is 1. The molecule has 1 aliphatic carbocycles. The van der Waals surface area contributed by atoms with Crippen molar-refractivity contribution in [3.8, 4) is 0 Å². The summed E-state index contributed by atoms with van der Waals surface area (Å²) in [5.74, 6) is -0.424. The zero-order valence-corrected chi connectivity index (χ0v) is 17.7. The van der Waals surface area contributed by atoms with Crippen LogP contribution in [0.4, 0.5) is 23.7 Å². The van der Waals surface area contributed by atoms with Gasteiger partial charge in [-0.1, -0.05) is 17.7 Å². The van der Waals surface area contributed by atoms with E-state index in [4.69, 9.17) is 16.3 Å². The van der Waals surface area contributed by atoms with Gasteiger partial charge >= 0.3 is 18.2 Å². The first-order chi connectivity index (χ1) is 15.2. The summed E-state index contributed by atoms with van der Waals surface area (Å²) in [4.78, 5) is 27.5. The Morgan fingerprint density at radius 2 is 1.97 bits per heavy atom. The van der Waals surface area contributed by atoms with Crippen LogP contribution in [0.3, 0.4) is 0 Å². The van der Waals surface area contributed by atoms with Crippen LogP contribution in [-0.2, 0) is 23.8 Å². The van der Waals surface area contributed by atoms with Crippen molar-refractivity contribution in [2.75, 3.05) is 12.4 Å². The molecule has 168 valence electrons. The molecule has 0 aliphatic heterocycles. The van der Waals surface area contributed by atoms with Gasteiger partial charge in [0.05, 0.1) is 23.3 Å². The molecule has 6 nitrogen and oxygen atoms in total. The second kappa shape index (κ2) is 8.38. The topological polar surface area (TPSA) is 83.2 Å². The molecule has 2 amide bonds. The Hall–Kier alpha value is -3.20. The van der Waals surface area contributed by atoms with Crippen molar-refractivity contribution in [3.05, 3.63) is 63.8 Å². The second-order valence-corrected chi connectivity index (χ2v) is 7.97. The number of esters is 1. The molecule has 32 heavy (non-hydrogen) atoms. The Morgan fingerprint density at radius 1 is 1.19 bits per heavy atom. The fourth-order valence-electron chi connectivity index (χ4n) is 3.97. The number of hydrogen-bond donors (Lipinski definition) is 3. The monoisotopic (exact) mass is 465 g/mol. The lowest BCUT2D eigenvalue weighted by atomic mass is 9.91. The number of benzene rings is 2. The maximum absolute atomic E-state index is 13.0. The number of amides is 2. The number of nitrogens with one attached hydrogen (secondary N) is 3. The Morgan fingerprint density at radius 3 is 2.69 bits per heavy atom. The largest absolute Gasteiger partial charge is 0.465 e. The lowest BCUT2D eigenvalue weighted by Crippen LogP contribution is -2.41. The van der Waals surface area contributed by atoms with Gasteiger partial charge in [0, 0.05) is 28.3 Å². The number of H-pyrrole nitrogens is 1. The van der Waals surface area contributed by atoms with Gasteiger partial charge in [0.15, 0.2) is 0 Å². The van der Waals surface area contributed by atoms with E-state index in [0.29, 0.717) is 24.8 Å². The molecule has 1 heterocycles. The first kappa shape index (κ1) is 22.0. The van der Waals surface area contributed by atoms with Gasteiger partial charge in [0.2, 0.25) is 0 Å². The number of carbonyl (C=O) groups excluding carboxylic acids is 2. The van der Waals surface area contributed by atoms with Gasteiger partial charge in [0.1, 0.15) is 0 Å². The summed E-state index contributed by atoms with van der Waals surface area (Å²) in [6.45, 7) is 0. The molecule has 0 saturated carbocycles. The number of halogens is 4. The van der Waals surface area contributed by atoms with Crippen LogP contribution in [0.2, 0.25) is 5.02 Å². The molecule has 1 aliphatic rings. The van der Waals surface area contributed by atoms with E-state index < -0.39 is 28.8 Å². The number of aryl methyl sites for hydroxylation is 1. The molecule has 10 heteroatoms. The van der Waals surface area contributed by atoms with Crippen LogP contribution in [0.15, 0.2) is 36.4 Å². The summed E-state index contributed by atoms with van der Waals surface area (Å²) < 4.78 is 43.8. The Balaban J connectivity index is 1.46. The number of alkyl halides is 3. The van der Waals surface area contributed by atoms with Crippen molar-refractivity contribution >= 4 is 40.2 Å². The zero-order valence-electron chi connectivity index (χ0n) is 16.9. The number of ether oxygens (including phenoxy) is 1. The van der Waals surface area contributed by atoms with E-state index in [-0.39, 0.29) is 11.7 Å². The molecular formula is C22H19ClF3N3O3. The number of hydrogen-bond acceptors (Lipinski definition) is 3. The van der Waals surface area contributed by atoms with Gasteiger partial charge in [-0.3, -0.25) is 0 Å². The highest BCUT2D eigenvalue weighted by atomic mass is 35.5. The third-order valence-electron chi connectivity index (χ3n) is 5.47. The number of carbonyl (C=O) groups is 2. The maximum atomic E-state index is 13.0. The molecule has 0 spiro atoms. The molecule has 3 N–H and O–H groups in total. The molecule has 0 radical (unpaired) electrons. The van der Waals surface area contributed by atoms with Crippen LogP contribution in [0.5, 0.6) is 0 Å². The first-order valence-corrected chi connectivity index (χ1v) is 10.2. The second-order valence-electron chi connectivity index (χ2n) is 7.56. The molecule has 1 unspecified atom stereocenters. The predicted molar refractivity (Wildman–Crippen MR) is 114 cm³/mol. The van der Waals surface area contributed by atoms with Crippen molar-refractivity contribution in [1.29, 1.82) is 0 Å². The Kier molecular flexibility index (Phi) is 5.77. The summed E-state index contributed by atoms with van der Waals surface area (Å²) in [6.07, 6.45) is -2.73. The third kappa shape index (κ3) is 4.38. The van der Waals surface area contributed by atoms with Gasteiger partial charge in [-0.25, -0.2) is 9.59 Å². The van der Waals surface area contributed by atoms with E-state index >= 15 is 0 Å². The summed E-state index contributed by atoms with van der Waals surface area (Å²) in [6, 6.07) is 7.68. The van der Waals surface area contributed by atoms with Crippen LogP contribution in [0.1, 0.15) is 33.6 Å². The van der Waals surface area contributed by atoms with Crippen LogP contribution in [-0.4, -0.2) is 30.1 Å². The van der Waals surface area contributed by atoms with E-state index in [9.17, 15) is 22.8 Å². The van der Waals surface area contributed by atoms with Crippen LogP contribution >= 0.6 is 11.6 Å². The number of fused-ring (bicyclic) bond motifs is 3. The van der Waals surface area contributed by atoms with Crippen LogP contribution in [0.25, 0.3) is 10.9 Å². The minimum absolute atomic E-state index is 0.00171. The fraction of sp³-hybridized carbons (Fsp3) is 0.273. The van der Waals surface area contributed by atoms with Crippen molar-refractivity contribution in [1.82, 2.24) is 10.3 Å². The molecule has 2 aromatic carbocycles. The smallest absolute Gasteiger partial charge is 0.417 e. The summed E-state index contributed by atoms with van der Waals surface area (Å²) in [5, 5.41) is 5.78. The van der Waals surface area contributed by atoms with Gasteiger partial charge < -0.3 is 20.4 Å². The van der Waals surface area contributed by atoms with E-state index in [1.807, 2.05) is 6.07 Å². The van der Waals surface area contributed by atoms with Crippen molar-refractivity contribution < 1.29 is 27.5 Å². The minimum atomic E-state index is -4.62. The average molecular weight is 466 g/mol. The zero-order chi connectivity index (χ0) is 23.0. The van der Waals surface area contributed by atoms with Crippen LogP contribution < -0.4 is 10.6 Å². The number of methoxy groups -OCH3 is 1. The molecule has 1 aromatic heterocycles. The molecule has 4 rings (SSSR count). The minimum Gasteiger partial charge on any atom is -0.465 e. The first-order valence-electron chi connectivity index (χ1n) is 9.81. The van der Waals surface area contributed by atoms with Crippen molar-refractivity contribution in [3.63, 3.8) is 0 Å². The van der Waals surface area contributed by atoms with Crippen molar-refractivity contribution in [2.45, 2.75) is 31.5 Å². The third-order valence-corrected chi connectivity index (χ3v) is 5.80. The number of rotatable bonds is 3. The highest BCUT2D eigenvalue weighted by molar-refractivity contribution is 6.31. The maximum Gasteiger partial charge on any atom is 0.417 e. The SMILES string of the molecule is COC(=O)c1ccc2c3c([nH]c2c1)CCC(NC(=O)Nc1ccc(Cl)c(C(F)(F)F)c1)C3. The molecule has 0 fully saturated rings. The molecular weight excluding hydrogens is 447 g/mol. The summed E-state index contributed by atoms with van der Waals surface area (Å²) in [5.41, 5.74) is 2.31. The van der Waals surface area contributed by atoms with E-state index in [1.54, 1.807) is 12.1 Å². The van der Waals surface area contributed by atoms with Crippen molar-refractivity contribution in [2.24, 2.45) is 0 Å². The lowest BCUT2D eigenvalue weighted by Gasteiger charge is -2.24. The summed E-state index contributed by atoms with van der Waals surface area (Å²) in [7, 11) is 1.32. The Labute approximate surface area is 186 Å². The Bertz CT molecular complexity index is 1210. The fourth-order valence-corrected chi connectivity index (χ4v) is 4.19. The van der Waals surface area contributed by atoms with Gasteiger partial charge in [-0.05, 0) is 55.2 Å². The molecule has 3 aromatic rings. The van der Waals surface area contributed by atoms with E-state index in [1.165, 1.54) is 13.2 Å². The summed E-state index contributed by atoms with van der Waals surface area (Å²) >= 11 is 5.62. The lowest BCUT2D eigenvalue weighted by molar-refractivity contribution is -0.137. The van der Waals surface area contributed by atoms with E-state index in [2.05, 4.69) is 15.6 Å². The molecule has 0 saturated heterocycles. The highest BCUT2D eigenvalue weighted by Gasteiger charge is 2.33.